The number of amides is 2. The normalized spacial score (nSPS) is 18.8. The molecule has 2 N–H and O–H groups in total. The van der Waals surface area contributed by atoms with E-state index in [0.29, 0.717) is 35.5 Å². The number of carbonyl (C=O) groups excluding carboxylic acids is 2. The van der Waals surface area contributed by atoms with Crippen LogP contribution in [-0.2, 0) is 19.6 Å². The van der Waals surface area contributed by atoms with E-state index in [2.05, 4.69) is 10.6 Å². The molecule has 1 saturated heterocycles. The van der Waals surface area contributed by atoms with Crippen molar-refractivity contribution in [2.45, 2.75) is 44.6 Å². The minimum Gasteiger partial charge on any atom is -0.482 e. The van der Waals surface area contributed by atoms with E-state index < -0.39 is 16.1 Å². The van der Waals surface area contributed by atoms with Gasteiger partial charge in [-0.05, 0) is 62.4 Å². The molecule has 1 fully saturated rings. The molecule has 0 spiro atoms. The lowest BCUT2D eigenvalue weighted by Crippen LogP contribution is -2.43. The Morgan fingerprint density at radius 1 is 1.19 bits per heavy atom. The maximum Gasteiger partial charge on any atom is 0.262 e. The van der Waals surface area contributed by atoms with Gasteiger partial charge in [0.2, 0.25) is 15.9 Å². The molecule has 0 aromatic heterocycles. The lowest BCUT2D eigenvalue weighted by atomic mass is 10.1. The number of hydrogen-bond donors (Lipinski definition) is 2. The minimum atomic E-state index is -3.94. The van der Waals surface area contributed by atoms with Crippen LogP contribution in [0.15, 0.2) is 35.2 Å². The van der Waals surface area contributed by atoms with Crippen molar-refractivity contribution >= 4 is 33.2 Å². The molecule has 8 nitrogen and oxygen atoms in total. The highest BCUT2D eigenvalue weighted by molar-refractivity contribution is 7.89. The number of anilines is 2. The second kappa shape index (κ2) is 7.97. The summed E-state index contributed by atoms with van der Waals surface area (Å²) in [4.78, 5) is 24.6. The van der Waals surface area contributed by atoms with Crippen molar-refractivity contribution in [1.29, 1.82) is 0 Å². The summed E-state index contributed by atoms with van der Waals surface area (Å²) in [7, 11) is -3.94. The average Bonchev–Trinajstić information content (AvgIpc) is 3.22. The largest absolute Gasteiger partial charge is 0.482 e. The number of hydrogen-bond acceptors (Lipinski definition) is 5. The number of nitrogens with one attached hydrogen (secondary N) is 2. The van der Waals surface area contributed by atoms with Gasteiger partial charge in [-0.15, -0.1) is 0 Å². The lowest BCUT2D eigenvalue weighted by molar-refractivity contribution is -0.119. The van der Waals surface area contributed by atoms with Crippen molar-refractivity contribution in [1.82, 2.24) is 4.31 Å². The van der Waals surface area contributed by atoms with Crippen LogP contribution in [0.25, 0.3) is 0 Å². The van der Waals surface area contributed by atoms with Gasteiger partial charge >= 0.3 is 0 Å². The van der Waals surface area contributed by atoms with E-state index in [1.54, 1.807) is 13.0 Å². The molecule has 9 heteroatoms. The van der Waals surface area contributed by atoms with Gasteiger partial charge in [0.25, 0.3) is 5.91 Å². The first-order valence-electron chi connectivity index (χ1n) is 10.1. The zero-order valence-electron chi connectivity index (χ0n) is 17.7. The predicted octanol–water partition coefficient (Wildman–Crippen LogP) is 2.73. The van der Waals surface area contributed by atoms with Gasteiger partial charge in [0.15, 0.2) is 6.61 Å². The first kappa shape index (κ1) is 21.3. The molecule has 0 saturated carbocycles. The highest BCUT2D eigenvalue weighted by Crippen LogP contribution is 2.36. The molecule has 2 heterocycles. The first-order valence-corrected chi connectivity index (χ1v) is 11.6. The monoisotopic (exact) mass is 443 g/mol. The van der Waals surface area contributed by atoms with Gasteiger partial charge in [0.05, 0.1) is 10.6 Å². The highest BCUT2D eigenvalue weighted by atomic mass is 32.2. The van der Waals surface area contributed by atoms with Gasteiger partial charge in [-0.1, -0.05) is 12.1 Å². The summed E-state index contributed by atoms with van der Waals surface area (Å²) in [5, 5.41) is 5.58. The molecular weight excluding hydrogens is 418 g/mol. The molecule has 2 amide bonds. The van der Waals surface area contributed by atoms with E-state index in [1.165, 1.54) is 10.4 Å². The summed E-state index contributed by atoms with van der Waals surface area (Å²) in [5.41, 5.74) is 3.60. The van der Waals surface area contributed by atoms with Crippen molar-refractivity contribution in [3.05, 3.63) is 47.0 Å². The maximum absolute atomic E-state index is 13.5. The molecule has 2 aromatic rings. The first-order chi connectivity index (χ1) is 14.7. The summed E-state index contributed by atoms with van der Waals surface area (Å²) in [5.74, 6) is -0.321. The fourth-order valence-corrected chi connectivity index (χ4v) is 5.89. The Hall–Kier alpha value is -2.91. The standard InChI is InChI=1S/C22H25N3O5S/c1-13-6-4-7-16(15(13)3)24-22(27)18-8-5-9-25(18)31(28,29)20-11-19-17(10-14(20)2)23-21(26)12-30-19/h4,6-7,10-11,18H,5,8-9,12H2,1-3H3,(H,23,26)(H,24,27). The smallest absolute Gasteiger partial charge is 0.262 e. The van der Waals surface area contributed by atoms with Crippen LogP contribution in [0, 0.1) is 20.8 Å². The number of aryl methyl sites for hydroxylation is 2. The number of ether oxygens (including phenoxy) is 1. The van der Waals surface area contributed by atoms with Crippen molar-refractivity contribution in [3.8, 4) is 5.75 Å². The Morgan fingerprint density at radius 2 is 1.97 bits per heavy atom. The summed E-state index contributed by atoms with van der Waals surface area (Å²) in [6, 6.07) is 7.85. The second-order valence-corrected chi connectivity index (χ2v) is 9.82. The quantitative estimate of drug-likeness (QED) is 0.756. The molecule has 4 rings (SSSR count). The summed E-state index contributed by atoms with van der Waals surface area (Å²) >= 11 is 0. The molecule has 1 unspecified atom stereocenters. The van der Waals surface area contributed by atoms with Crippen LogP contribution in [0.3, 0.4) is 0 Å². The fraction of sp³-hybridized carbons (Fsp3) is 0.364. The van der Waals surface area contributed by atoms with Gasteiger partial charge in [-0.3, -0.25) is 9.59 Å². The SMILES string of the molecule is Cc1cc2c(cc1S(=O)(=O)N1CCCC1C(=O)Nc1cccc(C)c1C)OCC(=O)N2. The molecule has 1 atom stereocenters. The Morgan fingerprint density at radius 3 is 2.74 bits per heavy atom. The zero-order chi connectivity index (χ0) is 22.3. The van der Waals surface area contributed by atoms with Gasteiger partial charge in [-0.25, -0.2) is 8.42 Å². The molecule has 31 heavy (non-hydrogen) atoms. The molecule has 2 aliphatic heterocycles. The van der Waals surface area contributed by atoms with Crippen LogP contribution < -0.4 is 15.4 Å². The molecule has 0 radical (unpaired) electrons. The molecule has 0 aliphatic carbocycles. The van der Waals surface area contributed by atoms with Crippen molar-refractivity contribution in [2.75, 3.05) is 23.8 Å². The molecule has 2 aliphatic rings. The highest BCUT2D eigenvalue weighted by Gasteiger charge is 2.40. The third-order valence-corrected chi connectivity index (χ3v) is 7.92. The number of benzene rings is 2. The van der Waals surface area contributed by atoms with Gasteiger partial charge in [-0.2, -0.15) is 4.31 Å². The van der Waals surface area contributed by atoms with Crippen LogP contribution in [0.5, 0.6) is 5.75 Å². The number of fused-ring (bicyclic) bond motifs is 1. The Balaban J connectivity index is 1.63. The zero-order valence-corrected chi connectivity index (χ0v) is 18.5. The van der Waals surface area contributed by atoms with Gasteiger partial charge in [0, 0.05) is 18.3 Å². The van der Waals surface area contributed by atoms with Crippen molar-refractivity contribution in [3.63, 3.8) is 0 Å². The van der Waals surface area contributed by atoms with E-state index in [4.69, 9.17) is 4.74 Å². The van der Waals surface area contributed by atoms with Crippen LogP contribution >= 0.6 is 0 Å². The van der Waals surface area contributed by atoms with E-state index in [9.17, 15) is 18.0 Å². The Labute approximate surface area is 181 Å². The second-order valence-electron chi connectivity index (χ2n) is 7.96. The summed E-state index contributed by atoms with van der Waals surface area (Å²) in [6.45, 7) is 5.64. The fourth-order valence-electron chi connectivity index (χ4n) is 4.01. The third kappa shape index (κ3) is 3.90. The summed E-state index contributed by atoms with van der Waals surface area (Å²) in [6.07, 6.45) is 1.05. The summed E-state index contributed by atoms with van der Waals surface area (Å²) < 4.78 is 33.7. The number of carbonyl (C=O) groups is 2. The van der Waals surface area contributed by atoms with Crippen LogP contribution in [0.2, 0.25) is 0 Å². The predicted molar refractivity (Wildman–Crippen MR) is 117 cm³/mol. The number of sulfonamides is 1. The van der Waals surface area contributed by atoms with E-state index >= 15 is 0 Å². The third-order valence-electron chi connectivity index (χ3n) is 5.87. The van der Waals surface area contributed by atoms with E-state index in [-0.39, 0.29) is 29.9 Å². The maximum atomic E-state index is 13.5. The molecule has 164 valence electrons. The lowest BCUT2D eigenvalue weighted by Gasteiger charge is -2.26. The topological polar surface area (TPSA) is 105 Å². The average molecular weight is 444 g/mol. The van der Waals surface area contributed by atoms with Crippen LogP contribution in [-0.4, -0.2) is 43.7 Å². The van der Waals surface area contributed by atoms with Gasteiger partial charge < -0.3 is 15.4 Å². The number of rotatable bonds is 4. The van der Waals surface area contributed by atoms with E-state index in [1.807, 2.05) is 32.0 Å². The van der Waals surface area contributed by atoms with Gasteiger partial charge in [0.1, 0.15) is 11.8 Å². The minimum absolute atomic E-state index is 0.0776. The molecule has 2 aromatic carbocycles. The Kier molecular flexibility index (Phi) is 5.49. The molecule has 0 bridgehead atoms. The molecular formula is C22H25N3O5S. The Bertz CT molecular complexity index is 1180. The number of nitrogens with zero attached hydrogens (tertiary/aromatic N) is 1. The van der Waals surface area contributed by atoms with E-state index in [0.717, 1.165) is 11.1 Å². The van der Waals surface area contributed by atoms with Crippen LogP contribution in [0.4, 0.5) is 11.4 Å². The van der Waals surface area contributed by atoms with Crippen molar-refractivity contribution in [2.24, 2.45) is 0 Å². The van der Waals surface area contributed by atoms with Crippen LogP contribution in [0.1, 0.15) is 29.5 Å². The van der Waals surface area contributed by atoms with Crippen molar-refractivity contribution < 1.29 is 22.7 Å².